The number of ether oxygens (including phenoxy) is 1. The summed E-state index contributed by atoms with van der Waals surface area (Å²) in [5.41, 5.74) is 2.27. The fraction of sp³-hybridized carbons (Fsp3) is 0.312. The third kappa shape index (κ3) is 3.56. The van der Waals surface area contributed by atoms with Gasteiger partial charge in [0, 0.05) is 17.1 Å². The average Bonchev–Trinajstić information content (AvgIpc) is 2.74. The highest BCUT2D eigenvalue weighted by atomic mass is 32.2. The number of anilines is 1. The number of aryl methyl sites for hydroxylation is 3. The van der Waals surface area contributed by atoms with E-state index in [0.29, 0.717) is 17.1 Å². The molecule has 7 heteroatoms. The van der Waals surface area contributed by atoms with E-state index in [0.717, 1.165) is 5.56 Å². The molecule has 0 amide bonds. The summed E-state index contributed by atoms with van der Waals surface area (Å²) in [7, 11) is -3.92. The number of hydrogen-bond acceptors (Lipinski definition) is 4. The van der Waals surface area contributed by atoms with E-state index in [4.69, 9.17) is 4.74 Å². The quantitative estimate of drug-likeness (QED) is 0.822. The summed E-state index contributed by atoms with van der Waals surface area (Å²) >= 11 is 0. The van der Waals surface area contributed by atoms with E-state index in [2.05, 4.69) is 9.71 Å². The minimum absolute atomic E-state index is 0.0458. The summed E-state index contributed by atoms with van der Waals surface area (Å²) in [6.07, 6.45) is 0. The van der Waals surface area contributed by atoms with Crippen LogP contribution in [0.4, 0.5) is 5.69 Å². The molecule has 0 aliphatic heterocycles. The van der Waals surface area contributed by atoms with Crippen LogP contribution < -0.4 is 4.72 Å². The van der Waals surface area contributed by atoms with Crippen molar-refractivity contribution in [3.63, 3.8) is 0 Å². The molecule has 23 heavy (non-hydrogen) atoms. The van der Waals surface area contributed by atoms with E-state index in [1.165, 1.54) is 0 Å². The molecule has 0 saturated heterocycles. The lowest BCUT2D eigenvalue weighted by Gasteiger charge is -2.10. The fourth-order valence-corrected chi connectivity index (χ4v) is 3.96. The lowest BCUT2D eigenvalue weighted by Crippen LogP contribution is -2.18. The molecule has 1 aromatic heterocycles. The summed E-state index contributed by atoms with van der Waals surface area (Å²) in [6.45, 7) is 6.97. The van der Waals surface area contributed by atoms with Crippen LogP contribution in [0.1, 0.15) is 34.2 Å². The van der Waals surface area contributed by atoms with Crippen molar-refractivity contribution in [3.05, 3.63) is 46.8 Å². The SMILES string of the molecule is CCOC(=O)c1c(C)[nH]c(C)c1S(=O)(=O)Nc1cccc(C)c1. The molecule has 1 heterocycles. The molecule has 0 aliphatic carbocycles. The number of aromatic nitrogens is 1. The predicted molar refractivity (Wildman–Crippen MR) is 88.2 cm³/mol. The maximum Gasteiger partial charge on any atom is 0.341 e. The molecule has 2 N–H and O–H groups in total. The van der Waals surface area contributed by atoms with Crippen LogP contribution in [0.15, 0.2) is 29.2 Å². The number of hydrogen-bond donors (Lipinski definition) is 2. The van der Waals surface area contributed by atoms with Crippen molar-refractivity contribution < 1.29 is 17.9 Å². The Balaban J connectivity index is 2.49. The number of carbonyl (C=O) groups excluding carboxylic acids is 1. The molecule has 6 nitrogen and oxygen atoms in total. The van der Waals surface area contributed by atoms with Crippen LogP contribution in [0.25, 0.3) is 0 Å². The third-order valence-electron chi connectivity index (χ3n) is 3.34. The first-order valence-electron chi connectivity index (χ1n) is 7.22. The Labute approximate surface area is 135 Å². The molecule has 2 aromatic rings. The Hall–Kier alpha value is -2.28. The van der Waals surface area contributed by atoms with Crippen LogP contribution in [0.3, 0.4) is 0 Å². The average molecular weight is 336 g/mol. The highest BCUT2D eigenvalue weighted by Crippen LogP contribution is 2.26. The van der Waals surface area contributed by atoms with Crippen LogP contribution >= 0.6 is 0 Å². The molecular formula is C16H20N2O4S. The van der Waals surface area contributed by atoms with Gasteiger partial charge < -0.3 is 9.72 Å². The van der Waals surface area contributed by atoms with Crippen LogP contribution in [0.2, 0.25) is 0 Å². The fourth-order valence-electron chi connectivity index (χ4n) is 2.46. The Kier molecular flexibility index (Phi) is 4.79. The van der Waals surface area contributed by atoms with Gasteiger partial charge in [-0.1, -0.05) is 12.1 Å². The maximum absolute atomic E-state index is 12.7. The summed E-state index contributed by atoms with van der Waals surface area (Å²) < 4.78 is 33.0. The van der Waals surface area contributed by atoms with E-state index < -0.39 is 16.0 Å². The second kappa shape index (κ2) is 6.45. The number of carbonyl (C=O) groups is 1. The standard InChI is InChI=1S/C16H20N2O4S/c1-5-22-16(19)14-11(3)17-12(4)15(14)23(20,21)18-13-8-6-7-10(2)9-13/h6-9,17-18H,5H2,1-4H3. The highest BCUT2D eigenvalue weighted by molar-refractivity contribution is 7.92. The number of esters is 1. The minimum atomic E-state index is -3.92. The van der Waals surface area contributed by atoms with Gasteiger partial charge in [0.1, 0.15) is 10.5 Å². The van der Waals surface area contributed by atoms with Crippen molar-refractivity contribution in [2.45, 2.75) is 32.6 Å². The first-order chi connectivity index (χ1) is 10.8. The zero-order valence-electron chi connectivity index (χ0n) is 13.6. The Bertz CT molecular complexity index is 838. The van der Waals surface area contributed by atoms with E-state index in [1.807, 2.05) is 13.0 Å². The topological polar surface area (TPSA) is 88.3 Å². The van der Waals surface area contributed by atoms with Crippen LogP contribution in [-0.4, -0.2) is 26.0 Å². The van der Waals surface area contributed by atoms with Gasteiger partial charge >= 0.3 is 5.97 Å². The van der Waals surface area contributed by atoms with E-state index in [9.17, 15) is 13.2 Å². The molecule has 0 radical (unpaired) electrons. The number of rotatable bonds is 5. The summed E-state index contributed by atoms with van der Waals surface area (Å²) in [6, 6.07) is 7.00. The molecule has 0 unspecified atom stereocenters. The van der Waals surface area contributed by atoms with Gasteiger partial charge in [-0.05, 0) is 45.4 Å². The van der Waals surface area contributed by atoms with Gasteiger partial charge in [0.2, 0.25) is 0 Å². The number of aromatic amines is 1. The molecule has 1 aromatic carbocycles. The largest absolute Gasteiger partial charge is 0.462 e. The van der Waals surface area contributed by atoms with Gasteiger partial charge in [0.05, 0.1) is 6.61 Å². The van der Waals surface area contributed by atoms with Gasteiger partial charge in [0.15, 0.2) is 0 Å². The predicted octanol–water partition coefficient (Wildman–Crippen LogP) is 2.92. The lowest BCUT2D eigenvalue weighted by molar-refractivity contribution is 0.0521. The number of nitrogens with one attached hydrogen (secondary N) is 2. The zero-order chi connectivity index (χ0) is 17.2. The van der Waals surface area contributed by atoms with Crippen molar-refractivity contribution in [3.8, 4) is 0 Å². The zero-order valence-corrected chi connectivity index (χ0v) is 14.4. The van der Waals surface area contributed by atoms with Gasteiger partial charge in [0.25, 0.3) is 10.0 Å². The minimum Gasteiger partial charge on any atom is -0.462 e. The molecule has 0 atom stereocenters. The molecule has 0 fully saturated rings. The monoisotopic (exact) mass is 336 g/mol. The Morgan fingerprint density at radius 1 is 1.22 bits per heavy atom. The molecule has 2 rings (SSSR count). The number of sulfonamides is 1. The van der Waals surface area contributed by atoms with Crippen molar-refractivity contribution in [2.24, 2.45) is 0 Å². The molecule has 0 saturated carbocycles. The Morgan fingerprint density at radius 2 is 1.91 bits per heavy atom. The molecule has 0 bridgehead atoms. The summed E-state index contributed by atoms with van der Waals surface area (Å²) in [5.74, 6) is -0.654. The van der Waals surface area contributed by atoms with Crippen molar-refractivity contribution in [1.29, 1.82) is 0 Å². The van der Waals surface area contributed by atoms with Crippen LogP contribution in [0, 0.1) is 20.8 Å². The van der Waals surface area contributed by atoms with E-state index in [1.54, 1.807) is 39.0 Å². The second-order valence-electron chi connectivity index (χ2n) is 5.27. The summed E-state index contributed by atoms with van der Waals surface area (Å²) in [4.78, 5) is 14.9. The number of H-pyrrole nitrogens is 1. The molecule has 124 valence electrons. The van der Waals surface area contributed by atoms with Gasteiger partial charge in [-0.2, -0.15) is 0 Å². The highest BCUT2D eigenvalue weighted by Gasteiger charge is 2.29. The Morgan fingerprint density at radius 3 is 2.52 bits per heavy atom. The molecule has 0 aliphatic rings. The smallest absolute Gasteiger partial charge is 0.341 e. The molecule has 0 spiro atoms. The first kappa shape index (κ1) is 17.1. The normalized spacial score (nSPS) is 11.3. The van der Waals surface area contributed by atoms with E-state index >= 15 is 0 Å². The van der Waals surface area contributed by atoms with Gasteiger partial charge in [-0.3, -0.25) is 4.72 Å². The molecular weight excluding hydrogens is 316 g/mol. The third-order valence-corrected chi connectivity index (χ3v) is 4.89. The van der Waals surface area contributed by atoms with E-state index in [-0.39, 0.29) is 17.1 Å². The van der Waals surface area contributed by atoms with Gasteiger partial charge in [-0.15, -0.1) is 0 Å². The maximum atomic E-state index is 12.7. The number of benzene rings is 1. The summed E-state index contributed by atoms with van der Waals surface area (Å²) in [5, 5.41) is 0. The second-order valence-corrected chi connectivity index (χ2v) is 6.89. The van der Waals surface area contributed by atoms with Crippen molar-refractivity contribution >= 4 is 21.7 Å². The lowest BCUT2D eigenvalue weighted by atomic mass is 10.2. The van der Waals surface area contributed by atoms with Crippen LogP contribution in [0.5, 0.6) is 0 Å². The van der Waals surface area contributed by atoms with Gasteiger partial charge in [-0.25, -0.2) is 13.2 Å². The first-order valence-corrected chi connectivity index (χ1v) is 8.70. The van der Waals surface area contributed by atoms with Crippen molar-refractivity contribution in [1.82, 2.24) is 4.98 Å². The van der Waals surface area contributed by atoms with Crippen LogP contribution in [-0.2, 0) is 14.8 Å². The van der Waals surface area contributed by atoms with Crippen molar-refractivity contribution in [2.75, 3.05) is 11.3 Å².